The summed E-state index contributed by atoms with van der Waals surface area (Å²) in [6, 6.07) is 17.2. The van der Waals surface area contributed by atoms with Crippen molar-refractivity contribution in [3.63, 3.8) is 0 Å². The van der Waals surface area contributed by atoms with E-state index in [4.69, 9.17) is 4.52 Å². The number of hydrogen-bond donors (Lipinski definition) is 0. The smallest absolute Gasteiger partial charge is 0.167 e. The first-order chi connectivity index (χ1) is 12.3. The molecule has 130 valence electrons. The van der Waals surface area contributed by atoms with Crippen LogP contribution in [0.25, 0.3) is 11.0 Å². The second-order valence-electron chi connectivity index (χ2n) is 7.14. The summed E-state index contributed by atoms with van der Waals surface area (Å²) in [6.07, 6.45) is 4.52. The van der Waals surface area contributed by atoms with Crippen molar-refractivity contribution in [1.82, 2.24) is 10.1 Å². The van der Waals surface area contributed by atoms with Crippen molar-refractivity contribution in [3.05, 3.63) is 65.4 Å². The van der Waals surface area contributed by atoms with Crippen LogP contribution < -0.4 is 0 Å². The van der Waals surface area contributed by atoms with Gasteiger partial charge in [-0.3, -0.25) is 4.90 Å². The zero-order valence-electron chi connectivity index (χ0n) is 14.9. The third-order valence-corrected chi connectivity index (χ3v) is 5.36. The molecule has 1 fully saturated rings. The molecule has 0 unspecified atom stereocenters. The van der Waals surface area contributed by atoms with Crippen molar-refractivity contribution in [2.24, 2.45) is 0 Å². The highest BCUT2D eigenvalue weighted by Gasteiger charge is 2.24. The molecule has 1 saturated heterocycles. The first-order valence-electron chi connectivity index (χ1n) is 9.48. The molecule has 25 heavy (non-hydrogen) atoms. The van der Waals surface area contributed by atoms with Gasteiger partial charge in [-0.2, -0.15) is 0 Å². The minimum Gasteiger partial charge on any atom is -0.356 e. The van der Waals surface area contributed by atoms with Gasteiger partial charge in [-0.25, -0.2) is 0 Å². The monoisotopic (exact) mass is 334 g/mol. The average Bonchev–Trinajstić information content (AvgIpc) is 3.07. The van der Waals surface area contributed by atoms with Gasteiger partial charge < -0.3 is 4.52 Å². The Kier molecular flexibility index (Phi) is 4.84. The topological polar surface area (TPSA) is 29.3 Å². The van der Waals surface area contributed by atoms with Gasteiger partial charge in [0.05, 0.1) is 5.69 Å². The fourth-order valence-corrected chi connectivity index (χ4v) is 4.07. The SMILES string of the molecule is CCCc1noc2cccc(C3CCN(Cc4ccccc4)CC3)c12. The summed E-state index contributed by atoms with van der Waals surface area (Å²) in [4.78, 5) is 2.58. The van der Waals surface area contributed by atoms with Crippen molar-refractivity contribution in [3.8, 4) is 0 Å². The minimum absolute atomic E-state index is 0.616. The lowest BCUT2D eigenvalue weighted by Gasteiger charge is -2.32. The predicted octanol–water partition coefficient (Wildman–Crippen LogP) is 5.16. The number of piperidine rings is 1. The maximum Gasteiger partial charge on any atom is 0.167 e. The van der Waals surface area contributed by atoms with Crippen molar-refractivity contribution in [2.45, 2.75) is 45.1 Å². The Bertz CT molecular complexity index is 816. The quantitative estimate of drug-likeness (QED) is 0.645. The number of aryl methyl sites for hydroxylation is 1. The fraction of sp³-hybridized carbons (Fsp3) is 0.409. The molecule has 2 heterocycles. The maximum atomic E-state index is 5.57. The van der Waals surface area contributed by atoms with E-state index in [0.29, 0.717) is 5.92 Å². The normalized spacial score (nSPS) is 16.5. The first-order valence-corrected chi connectivity index (χ1v) is 9.48. The Morgan fingerprint density at radius 1 is 1.04 bits per heavy atom. The first kappa shape index (κ1) is 16.3. The van der Waals surface area contributed by atoms with Gasteiger partial charge in [0, 0.05) is 11.9 Å². The van der Waals surface area contributed by atoms with Gasteiger partial charge in [0.1, 0.15) is 0 Å². The van der Waals surface area contributed by atoms with E-state index in [1.807, 2.05) is 0 Å². The molecular weight excluding hydrogens is 308 g/mol. The Morgan fingerprint density at radius 3 is 2.60 bits per heavy atom. The summed E-state index contributed by atoms with van der Waals surface area (Å²) in [5.41, 5.74) is 4.95. The predicted molar refractivity (Wildman–Crippen MR) is 102 cm³/mol. The van der Waals surface area contributed by atoms with Gasteiger partial charge in [0.15, 0.2) is 5.58 Å². The number of nitrogens with zero attached hydrogens (tertiary/aromatic N) is 2. The molecule has 3 nitrogen and oxygen atoms in total. The number of aromatic nitrogens is 1. The molecule has 0 aliphatic carbocycles. The molecule has 0 atom stereocenters. The zero-order chi connectivity index (χ0) is 17.1. The Hall–Kier alpha value is -2.13. The lowest BCUT2D eigenvalue weighted by Crippen LogP contribution is -2.32. The van der Waals surface area contributed by atoms with Crippen LogP contribution in [0.1, 0.15) is 48.9 Å². The van der Waals surface area contributed by atoms with Crippen LogP contribution in [0.4, 0.5) is 0 Å². The molecule has 1 aliphatic rings. The highest BCUT2D eigenvalue weighted by molar-refractivity contribution is 5.83. The summed E-state index contributed by atoms with van der Waals surface area (Å²) in [5.74, 6) is 0.616. The average molecular weight is 334 g/mol. The van der Waals surface area contributed by atoms with Crippen LogP contribution in [-0.4, -0.2) is 23.1 Å². The molecule has 3 heteroatoms. The van der Waals surface area contributed by atoms with Crippen LogP contribution in [0.3, 0.4) is 0 Å². The molecule has 0 amide bonds. The molecule has 0 bridgehead atoms. The summed E-state index contributed by atoms with van der Waals surface area (Å²) < 4.78 is 5.57. The van der Waals surface area contributed by atoms with Gasteiger partial charge in [-0.05, 0) is 55.5 Å². The van der Waals surface area contributed by atoms with E-state index < -0.39 is 0 Å². The number of benzene rings is 2. The Balaban J connectivity index is 1.49. The molecule has 1 aromatic heterocycles. The van der Waals surface area contributed by atoms with Crippen LogP contribution in [0.2, 0.25) is 0 Å². The van der Waals surface area contributed by atoms with E-state index >= 15 is 0 Å². The van der Waals surface area contributed by atoms with E-state index in [0.717, 1.165) is 43.8 Å². The lowest BCUT2D eigenvalue weighted by atomic mass is 9.86. The van der Waals surface area contributed by atoms with Crippen LogP contribution in [0.15, 0.2) is 53.1 Å². The maximum absolute atomic E-state index is 5.57. The van der Waals surface area contributed by atoms with Crippen LogP contribution in [0, 0.1) is 0 Å². The number of rotatable bonds is 5. The lowest BCUT2D eigenvalue weighted by molar-refractivity contribution is 0.205. The third-order valence-electron chi connectivity index (χ3n) is 5.36. The highest BCUT2D eigenvalue weighted by Crippen LogP contribution is 2.35. The zero-order valence-corrected chi connectivity index (χ0v) is 14.9. The fourth-order valence-electron chi connectivity index (χ4n) is 4.07. The highest BCUT2D eigenvalue weighted by atomic mass is 16.5. The van der Waals surface area contributed by atoms with Gasteiger partial charge in [-0.15, -0.1) is 0 Å². The second-order valence-corrected chi connectivity index (χ2v) is 7.14. The molecular formula is C22H26N2O. The second kappa shape index (κ2) is 7.40. The van der Waals surface area contributed by atoms with Gasteiger partial charge in [0.2, 0.25) is 0 Å². The van der Waals surface area contributed by atoms with E-state index in [1.165, 1.54) is 29.4 Å². The van der Waals surface area contributed by atoms with Gasteiger partial charge in [0.25, 0.3) is 0 Å². The largest absolute Gasteiger partial charge is 0.356 e. The molecule has 4 rings (SSSR count). The van der Waals surface area contributed by atoms with Gasteiger partial charge in [-0.1, -0.05) is 61.0 Å². The van der Waals surface area contributed by atoms with E-state index in [2.05, 4.69) is 65.5 Å². The molecule has 2 aromatic carbocycles. The third kappa shape index (κ3) is 3.47. The summed E-state index contributed by atoms with van der Waals surface area (Å²) >= 11 is 0. The molecule has 0 radical (unpaired) electrons. The van der Waals surface area contributed by atoms with Crippen molar-refractivity contribution in [1.29, 1.82) is 0 Å². The Morgan fingerprint density at radius 2 is 1.84 bits per heavy atom. The minimum atomic E-state index is 0.616. The van der Waals surface area contributed by atoms with Crippen LogP contribution >= 0.6 is 0 Å². The summed E-state index contributed by atoms with van der Waals surface area (Å²) in [7, 11) is 0. The Labute approximate surface area is 149 Å². The van der Waals surface area contributed by atoms with E-state index in [1.54, 1.807) is 0 Å². The van der Waals surface area contributed by atoms with E-state index in [-0.39, 0.29) is 0 Å². The van der Waals surface area contributed by atoms with Gasteiger partial charge >= 0.3 is 0 Å². The molecule has 0 N–H and O–H groups in total. The van der Waals surface area contributed by atoms with Crippen LogP contribution in [0.5, 0.6) is 0 Å². The van der Waals surface area contributed by atoms with Crippen molar-refractivity contribution >= 4 is 11.0 Å². The summed E-state index contributed by atoms with van der Waals surface area (Å²) in [6.45, 7) is 5.58. The molecule has 0 spiro atoms. The number of likely N-dealkylation sites (tertiary alicyclic amines) is 1. The molecule has 0 saturated carbocycles. The summed E-state index contributed by atoms with van der Waals surface area (Å²) in [5, 5.41) is 5.61. The number of fused-ring (bicyclic) bond motifs is 1. The van der Waals surface area contributed by atoms with E-state index in [9.17, 15) is 0 Å². The number of hydrogen-bond acceptors (Lipinski definition) is 3. The molecule has 3 aromatic rings. The van der Waals surface area contributed by atoms with Crippen molar-refractivity contribution < 1.29 is 4.52 Å². The molecule has 1 aliphatic heterocycles. The standard InChI is InChI=1S/C22H26N2O/c1-2-7-20-22-19(10-6-11-21(22)25-23-20)18-12-14-24(15-13-18)16-17-8-4-3-5-9-17/h3-6,8-11,18H,2,7,12-16H2,1H3. The van der Waals surface area contributed by atoms with Crippen LogP contribution in [-0.2, 0) is 13.0 Å². The van der Waals surface area contributed by atoms with Crippen molar-refractivity contribution in [2.75, 3.05) is 13.1 Å².